The van der Waals surface area contributed by atoms with E-state index in [2.05, 4.69) is 5.32 Å². The van der Waals surface area contributed by atoms with Crippen LogP contribution in [0.15, 0.2) is 18.2 Å². The van der Waals surface area contributed by atoms with Crippen molar-refractivity contribution in [2.75, 3.05) is 33.4 Å². The molecule has 1 unspecified atom stereocenters. The third-order valence-corrected chi connectivity index (χ3v) is 4.04. The van der Waals surface area contributed by atoms with Crippen LogP contribution in [0.5, 0.6) is 11.5 Å². The Hall–Kier alpha value is -1.46. The van der Waals surface area contributed by atoms with Gasteiger partial charge in [-0.25, -0.2) is 0 Å². The minimum Gasteiger partial charge on any atom is -0.486 e. The van der Waals surface area contributed by atoms with Crippen LogP contribution in [-0.2, 0) is 0 Å². The summed E-state index contributed by atoms with van der Waals surface area (Å²) in [6.07, 6.45) is 3.61. The van der Waals surface area contributed by atoms with Crippen LogP contribution in [-0.4, -0.2) is 50.2 Å². The molecule has 0 saturated carbocycles. The minimum atomic E-state index is 0. The number of amides is 1. The molecule has 2 aliphatic heterocycles. The van der Waals surface area contributed by atoms with Crippen molar-refractivity contribution in [3.8, 4) is 11.5 Å². The predicted molar refractivity (Wildman–Crippen MR) is 87.3 cm³/mol. The molecule has 1 fully saturated rings. The number of rotatable bonds is 3. The Balaban J connectivity index is 0.00000176. The fraction of sp³-hybridized carbons (Fsp3) is 0.562. The highest BCUT2D eigenvalue weighted by molar-refractivity contribution is 5.94. The molecule has 22 heavy (non-hydrogen) atoms. The zero-order valence-electron chi connectivity index (χ0n) is 12.8. The molecule has 0 aromatic heterocycles. The molecule has 1 atom stereocenters. The standard InChI is InChI=1S/C16H22N2O3.ClH/c1-18(11-13-4-2-3-7-17-13)16(19)12-5-6-14-15(10-12)21-9-8-20-14;/h5-6,10,13,17H,2-4,7-9,11H2,1H3;1H. The SMILES string of the molecule is CN(CC1CCCCN1)C(=O)c1ccc2c(c1)OCCO2.Cl. The number of halogens is 1. The van der Waals surface area contributed by atoms with Gasteiger partial charge in [-0.1, -0.05) is 6.42 Å². The number of ether oxygens (including phenoxy) is 2. The Morgan fingerprint density at radius 1 is 1.27 bits per heavy atom. The number of hydrogen-bond donors (Lipinski definition) is 1. The summed E-state index contributed by atoms with van der Waals surface area (Å²) < 4.78 is 11.0. The molecular formula is C16H23ClN2O3. The number of likely N-dealkylation sites (N-methyl/N-ethyl adjacent to an activating group) is 1. The van der Waals surface area contributed by atoms with E-state index in [0.29, 0.717) is 30.6 Å². The fourth-order valence-corrected chi connectivity index (χ4v) is 2.89. The van der Waals surface area contributed by atoms with E-state index < -0.39 is 0 Å². The summed E-state index contributed by atoms with van der Waals surface area (Å²) in [6, 6.07) is 5.81. The van der Waals surface area contributed by atoms with Crippen LogP contribution in [0, 0.1) is 0 Å². The molecule has 0 radical (unpaired) electrons. The maximum atomic E-state index is 12.5. The first kappa shape index (κ1) is 16.9. The lowest BCUT2D eigenvalue weighted by Crippen LogP contribution is -2.44. The third-order valence-electron chi connectivity index (χ3n) is 4.04. The molecule has 1 aromatic carbocycles. The Labute approximate surface area is 137 Å². The van der Waals surface area contributed by atoms with Crippen molar-refractivity contribution in [3.05, 3.63) is 23.8 Å². The number of carbonyl (C=O) groups excluding carboxylic acids is 1. The Bertz CT molecular complexity index is 518. The summed E-state index contributed by atoms with van der Waals surface area (Å²) in [6.45, 7) is 2.89. The van der Waals surface area contributed by atoms with E-state index in [0.717, 1.165) is 25.3 Å². The fourth-order valence-electron chi connectivity index (χ4n) is 2.89. The third kappa shape index (κ3) is 3.84. The van der Waals surface area contributed by atoms with Gasteiger partial charge in [0.05, 0.1) is 0 Å². The van der Waals surface area contributed by atoms with E-state index in [1.807, 2.05) is 13.1 Å². The highest BCUT2D eigenvalue weighted by Crippen LogP contribution is 2.31. The van der Waals surface area contributed by atoms with Gasteiger partial charge in [0.25, 0.3) is 5.91 Å². The second kappa shape index (κ2) is 7.70. The van der Waals surface area contributed by atoms with Crippen molar-refractivity contribution < 1.29 is 14.3 Å². The summed E-state index contributed by atoms with van der Waals surface area (Å²) in [4.78, 5) is 14.3. The van der Waals surface area contributed by atoms with Crippen LogP contribution in [0.2, 0.25) is 0 Å². The molecule has 0 bridgehead atoms. The quantitative estimate of drug-likeness (QED) is 0.924. The van der Waals surface area contributed by atoms with Gasteiger partial charge >= 0.3 is 0 Å². The average Bonchev–Trinajstić information content (AvgIpc) is 2.54. The summed E-state index contributed by atoms with van der Waals surface area (Å²) in [5.41, 5.74) is 0.651. The highest BCUT2D eigenvalue weighted by Gasteiger charge is 2.20. The topological polar surface area (TPSA) is 50.8 Å². The van der Waals surface area contributed by atoms with Crippen molar-refractivity contribution >= 4 is 18.3 Å². The molecule has 2 aliphatic rings. The van der Waals surface area contributed by atoms with E-state index >= 15 is 0 Å². The molecule has 5 nitrogen and oxygen atoms in total. The highest BCUT2D eigenvalue weighted by atomic mass is 35.5. The summed E-state index contributed by atoms with van der Waals surface area (Å²) in [5.74, 6) is 1.41. The van der Waals surface area contributed by atoms with Crippen LogP contribution < -0.4 is 14.8 Å². The first-order chi connectivity index (χ1) is 10.2. The largest absolute Gasteiger partial charge is 0.486 e. The molecule has 0 aliphatic carbocycles. The van der Waals surface area contributed by atoms with Gasteiger partial charge in [-0.05, 0) is 37.6 Å². The molecule has 3 rings (SSSR count). The number of benzene rings is 1. The molecule has 1 amide bonds. The Kier molecular flexibility index (Phi) is 5.91. The molecule has 6 heteroatoms. The maximum absolute atomic E-state index is 12.5. The normalized spacial score (nSPS) is 20.0. The summed E-state index contributed by atoms with van der Waals surface area (Å²) >= 11 is 0. The lowest BCUT2D eigenvalue weighted by Gasteiger charge is -2.28. The van der Waals surface area contributed by atoms with Crippen molar-refractivity contribution in [1.82, 2.24) is 10.2 Å². The number of hydrogen-bond acceptors (Lipinski definition) is 4. The number of piperidine rings is 1. The second-order valence-electron chi connectivity index (χ2n) is 5.69. The monoisotopic (exact) mass is 326 g/mol. The number of nitrogens with zero attached hydrogens (tertiary/aromatic N) is 1. The van der Waals surface area contributed by atoms with Gasteiger partial charge in [0, 0.05) is 25.2 Å². The zero-order valence-corrected chi connectivity index (χ0v) is 13.7. The minimum absolute atomic E-state index is 0. The van der Waals surface area contributed by atoms with Gasteiger partial charge < -0.3 is 19.7 Å². The Morgan fingerprint density at radius 3 is 2.77 bits per heavy atom. The first-order valence-electron chi connectivity index (χ1n) is 7.62. The smallest absolute Gasteiger partial charge is 0.253 e. The van der Waals surface area contributed by atoms with Crippen LogP contribution >= 0.6 is 12.4 Å². The second-order valence-corrected chi connectivity index (χ2v) is 5.69. The van der Waals surface area contributed by atoms with Gasteiger partial charge in [0.2, 0.25) is 0 Å². The average molecular weight is 327 g/mol. The lowest BCUT2D eigenvalue weighted by molar-refractivity contribution is 0.0774. The van der Waals surface area contributed by atoms with Crippen molar-refractivity contribution in [1.29, 1.82) is 0 Å². The van der Waals surface area contributed by atoms with E-state index in [-0.39, 0.29) is 18.3 Å². The van der Waals surface area contributed by atoms with Gasteiger partial charge in [0.15, 0.2) is 11.5 Å². The van der Waals surface area contributed by atoms with Crippen LogP contribution in [0.3, 0.4) is 0 Å². The van der Waals surface area contributed by atoms with Crippen LogP contribution in [0.4, 0.5) is 0 Å². The number of nitrogens with one attached hydrogen (secondary N) is 1. The number of fused-ring (bicyclic) bond motifs is 1. The van der Waals surface area contributed by atoms with Crippen molar-refractivity contribution in [3.63, 3.8) is 0 Å². The predicted octanol–water partition coefficient (Wildman–Crippen LogP) is 2.09. The van der Waals surface area contributed by atoms with Gasteiger partial charge in [-0.2, -0.15) is 0 Å². The molecule has 0 spiro atoms. The van der Waals surface area contributed by atoms with E-state index in [1.54, 1.807) is 17.0 Å². The molecule has 1 saturated heterocycles. The number of carbonyl (C=O) groups is 1. The van der Waals surface area contributed by atoms with E-state index in [9.17, 15) is 4.79 Å². The van der Waals surface area contributed by atoms with Gasteiger partial charge in [-0.3, -0.25) is 4.79 Å². The van der Waals surface area contributed by atoms with E-state index in [1.165, 1.54) is 12.8 Å². The molecule has 2 heterocycles. The van der Waals surface area contributed by atoms with E-state index in [4.69, 9.17) is 9.47 Å². The van der Waals surface area contributed by atoms with Gasteiger partial charge in [-0.15, -0.1) is 12.4 Å². The Morgan fingerprint density at radius 2 is 2.05 bits per heavy atom. The molecule has 122 valence electrons. The van der Waals surface area contributed by atoms with Gasteiger partial charge in [0.1, 0.15) is 13.2 Å². The maximum Gasteiger partial charge on any atom is 0.253 e. The summed E-state index contributed by atoms with van der Waals surface area (Å²) in [7, 11) is 1.86. The lowest BCUT2D eigenvalue weighted by atomic mass is 10.0. The first-order valence-corrected chi connectivity index (χ1v) is 7.62. The van der Waals surface area contributed by atoms with Crippen molar-refractivity contribution in [2.24, 2.45) is 0 Å². The summed E-state index contributed by atoms with van der Waals surface area (Å²) in [5, 5.41) is 3.47. The molecular weight excluding hydrogens is 304 g/mol. The molecule has 1 aromatic rings. The van der Waals surface area contributed by atoms with Crippen LogP contribution in [0.25, 0.3) is 0 Å². The van der Waals surface area contributed by atoms with Crippen molar-refractivity contribution in [2.45, 2.75) is 25.3 Å². The van der Waals surface area contributed by atoms with Crippen LogP contribution in [0.1, 0.15) is 29.6 Å². The molecule has 1 N–H and O–H groups in total. The zero-order chi connectivity index (χ0) is 14.7.